The molecule has 0 bridgehead atoms. The summed E-state index contributed by atoms with van der Waals surface area (Å²) in [5.74, 6) is 1.09. The van der Waals surface area contributed by atoms with Crippen LogP contribution in [0.5, 0.6) is 11.5 Å². The highest BCUT2D eigenvalue weighted by Crippen LogP contribution is 2.37. The van der Waals surface area contributed by atoms with Gasteiger partial charge in [-0.2, -0.15) is 0 Å². The van der Waals surface area contributed by atoms with Crippen molar-refractivity contribution >= 4 is 17.4 Å². The highest BCUT2D eigenvalue weighted by atomic mass is 32.2. The minimum absolute atomic E-state index is 0.0193. The predicted molar refractivity (Wildman–Crippen MR) is 79.3 cm³/mol. The van der Waals surface area contributed by atoms with Crippen LogP contribution in [0.25, 0.3) is 0 Å². The number of non-ortho nitro benzene ring substituents is 1. The van der Waals surface area contributed by atoms with Gasteiger partial charge in [0.15, 0.2) is 0 Å². The van der Waals surface area contributed by atoms with Crippen LogP contribution in [0.2, 0.25) is 0 Å². The van der Waals surface area contributed by atoms with Crippen LogP contribution in [-0.2, 0) is 6.54 Å². The summed E-state index contributed by atoms with van der Waals surface area (Å²) >= 11 is 1.46. The van der Waals surface area contributed by atoms with Crippen LogP contribution in [0.15, 0.2) is 47.4 Å². The van der Waals surface area contributed by atoms with Gasteiger partial charge in [-0.1, -0.05) is 18.2 Å². The first-order chi connectivity index (χ1) is 9.65. The molecule has 2 rings (SSSR count). The number of nitrogens with zero attached hydrogens (tertiary/aromatic N) is 1. The lowest BCUT2D eigenvalue weighted by atomic mass is 10.2. The number of nitro benzene ring substituents is 1. The smallest absolute Gasteiger partial charge is 0.273 e. The van der Waals surface area contributed by atoms with E-state index in [9.17, 15) is 10.1 Å². The molecule has 0 saturated heterocycles. The van der Waals surface area contributed by atoms with Crippen molar-refractivity contribution in [3.63, 3.8) is 0 Å². The van der Waals surface area contributed by atoms with Crippen molar-refractivity contribution in [1.82, 2.24) is 0 Å². The molecule has 0 unspecified atom stereocenters. The normalized spacial score (nSPS) is 10.3. The third kappa shape index (κ3) is 3.09. The van der Waals surface area contributed by atoms with Crippen LogP contribution < -0.4 is 10.5 Å². The Morgan fingerprint density at radius 1 is 1.30 bits per heavy atom. The second kappa shape index (κ2) is 6.40. The average Bonchev–Trinajstić information content (AvgIpc) is 2.47. The van der Waals surface area contributed by atoms with Gasteiger partial charge in [0.25, 0.3) is 5.69 Å². The SMILES string of the molecule is CSc1c(CN)cc([N+](=O)[O-])cc1Oc1ccccc1. The molecule has 2 N–H and O–H groups in total. The summed E-state index contributed by atoms with van der Waals surface area (Å²) in [6, 6.07) is 12.1. The Bertz CT molecular complexity index is 617. The van der Waals surface area contributed by atoms with Gasteiger partial charge >= 0.3 is 0 Å². The van der Waals surface area contributed by atoms with E-state index in [1.807, 2.05) is 24.5 Å². The van der Waals surface area contributed by atoms with Crippen LogP contribution in [0.1, 0.15) is 5.56 Å². The van der Waals surface area contributed by atoms with E-state index in [2.05, 4.69) is 0 Å². The first kappa shape index (κ1) is 14.4. The molecule has 0 aliphatic rings. The number of ether oxygens (including phenoxy) is 1. The number of rotatable bonds is 5. The van der Waals surface area contributed by atoms with E-state index in [1.54, 1.807) is 12.1 Å². The van der Waals surface area contributed by atoms with Crippen LogP contribution >= 0.6 is 11.8 Å². The molecular weight excluding hydrogens is 276 g/mol. The molecule has 0 saturated carbocycles. The van der Waals surface area contributed by atoms with Gasteiger partial charge in [-0.25, -0.2) is 0 Å². The molecule has 104 valence electrons. The number of benzene rings is 2. The van der Waals surface area contributed by atoms with Crippen molar-refractivity contribution in [2.75, 3.05) is 6.26 Å². The summed E-state index contributed by atoms with van der Waals surface area (Å²) in [7, 11) is 0. The van der Waals surface area contributed by atoms with Crippen LogP contribution in [0.4, 0.5) is 5.69 Å². The molecule has 0 aliphatic heterocycles. The zero-order valence-electron chi connectivity index (χ0n) is 10.9. The van der Waals surface area contributed by atoms with E-state index in [0.29, 0.717) is 17.1 Å². The minimum atomic E-state index is -0.443. The number of para-hydroxylation sites is 1. The van der Waals surface area contributed by atoms with Crippen molar-refractivity contribution in [3.05, 3.63) is 58.1 Å². The Balaban J connectivity index is 2.49. The monoisotopic (exact) mass is 290 g/mol. The fraction of sp³-hybridized carbons (Fsp3) is 0.143. The van der Waals surface area contributed by atoms with Gasteiger partial charge in [0.1, 0.15) is 11.5 Å². The molecule has 6 heteroatoms. The van der Waals surface area contributed by atoms with Gasteiger partial charge in [0.05, 0.1) is 15.9 Å². The zero-order valence-corrected chi connectivity index (χ0v) is 11.7. The van der Waals surface area contributed by atoms with E-state index >= 15 is 0 Å². The Kier molecular flexibility index (Phi) is 4.60. The highest BCUT2D eigenvalue weighted by Gasteiger charge is 2.17. The molecule has 0 heterocycles. The fourth-order valence-corrected chi connectivity index (χ4v) is 2.53. The van der Waals surface area contributed by atoms with Crippen LogP contribution in [-0.4, -0.2) is 11.2 Å². The Morgan fingerprint density at radius 2 is 2.00 bits per heavy atom. The molecule has 0 aliphatic carbocycles. The Morgan fingerprint density at radius 3 is 2.55 bits per heavy atom. The standard InChI is InChI=1S/C14H14N2O3S/c1-20-14-10(9-15)7-11(16(17)18)8-13(14)19-12-5-3-2-4-6-12/h2-8H,9,15H2,1H3. The maximum absolute atomic E-state index is 11.0. The second-order valence-electron chi connectivity index (χ2n) is 4.01. The molecule has 20 heavy (non-hydrogen) atoms. The number of nitrogens with two attached hydrogens (primary N) is 1. The lowest BCUT2D eigenvalue weighted by molar-refractivity contribution is -0.385. The highest BCUT2D eigenvalue weighted by molar-refractivity contribution is 7.98. The van der Waals surface area contributed by atoms with E-state index < -0.39 is 4.92 Å². The average molecular weight is 290 g/mol. The number of thioether (sulfide) groups is 1. The molecule has 2 aromatic rings. The molecule has 0 fully saturated rings. The predicted octanol–water partition coefficient (Wildman–Crippen LogP) is 3.57. The number of nitro groups is 1. The Labute approximate surface area is 120 Å². The van der Waals surface area contributed by atoms with Crippen molar-refractivity contribution < 1.29 is 9.66 Å². The summed E-state index contributed by atoms with van der Waals surface area (Å²) < 4.78 is 5.75. The first-order valence-corrected chi connectivity index (χ1v) is 7.16. The minimum Gasteiger partial charge on any atom is -0.456 e. The maximum atomic E-state index is 11.0. The lowest BCUT2D eigenvalue weighted by Gasteiger charge is -2.13. The maximum Gasteiger partial charge on any atom is 0.273 e. The lowest BCUT2D eigenvalue weighted by Crippen LogP contribution is -2.02. The van der Waals surface area contributed by atoms with E-state index in [4.69, 9.17) is 10.5 Å². The number of hydrogen-bond donors (Lipinski definition) is 1. The topological polar surface area (TPSA) is 78.4 Å². The fourth-order valence-electron chi connectivity index (χ4n) is 1.82. The molecule has 2 aromatic carbocycles. The molecule has 0 amide bonds. The van der Waals surface area contributed by atoms with Crippen molar-refractivity contribution in [1.29, 1.82) is 0 Å². The quantitative estimate of drug-likeness (QED) is 0.517. The zero-order chi connectivity index (χ0) is 14.5. The molecule has 0 aromatic heterocycles. The summed E-state index contributed by atoms with van der Waals surface area (Å²) in [6.45, 7) is 0.225. The van der Waals surface area contributed by atoms with E-state index in [1.165, 1.54) is 23.9 Å². The van der Waals surface area contributed by atoms with Gasteiger partial charge in [0, 0.05) is 12.6 Å². The molecule has 5 nitrogen and oxygen atoms in total. The number of hydrogen-bond acceptors (Lipinski definition) is 5. The Hall–Kier alpha value is -2.05. The summed E-state index contributed by atoms with van der Waals surface area (Å²) in [4.78, 5) is 11.4. The third-order valence-corrected chi connectivity index (χ3v) is 3.59. The summed E-state index contributed by atoms with van der Waals surface area (Å²) in [5, 5.41) is 11.0. The van der Waals surface area contributed by atoms with Crippen molar-refractivity contribution in [3.8, 4) is 11.5 Å². The van der Waals surface area contributed by atoms with Gasteiger partial charge < -0.3 is 10.5 Å². The molecule has 0 spiro atoms. The third-order valence-electron chi connectivity index (χ3n) is 2.72. The van der Waals surface area contributed by atoms with Crippen LogP contribution in [0, 0.1) is 10.1 Å². The van der Waals surface area contributed by atoms with E-state index in [0.717, 1.165) is 4.90 Å². The van der Waals surface area contributed by atoms with Gasteiger partial charge in [-0.05, 0) is 24.0 Å². The van der Waals surface area contributed by atoms with Crippen molar-refractivity contribution in [2.45, 2.75) is 11.4 Å². The first-order valence-electron chi connectivity index (χ1n) is 5.94. The van der Waals surface area contributed by atoms with Gasteiger partial charge in [-0.15, -0.1) is 11.8 Å². The van der Waals surface area contributed by atoms with Gasteiger partial charge in [-0.3, -0.25) is 10.1 Å². The summed E-state index contributed by atoms with van der Waals surface area (Å²) in [6.07, 6.45) is 1.89. The summed E-state index contributed by atoms with van der Waals surface area (Å²) in [5.41, 5.74) is 6.35. The van der Waals surface area contributed by atoms with Crippen molar-refractivity contribution in [2.24, 2.45) is 5.73 Å². The van der Waals surface area contributed by atoms with Gasteiger partial charge in [0.2, 0.25) is 0 Å². The van der Waals surface area contributed by atoms with E-state index in [-0.39, 0.29) is 12.2 Å². The van der Waals surface area contributed by atoms with Crippen LogP contribution in [0.3, 0.4) is 0 Å². The second-order valence-corrected chi connectivity index (χ2v) is 4.83. The molecule has 0 atom stereocenters. The molecular formula is C14H14N2O3S. The molecule has 0 radical (unpaired) electrons. The largest absolute Gasteiger partial charge is 0.456 e.